The summed E-state index contributed by atoms with van der Waals surface area (Å²) in [6.45, 7) is 0. The highest BCUT2D eigenvalue weighted by atomic mass is 32.2. The Balaban J connectivity index is 2.54. The number of rotatable bonds is 3. The first kappa shape index (κ1) is 11.6. The number of benzene rings is 1. The summed E-state index contributed by atoms with van der Waals surface area (Å²) >= 11 is 1.53. The highest BCUT2D eigenvalue weighted by Crippen LogP contribution is 2.32. The Morgan fingerprint density at radius 1 is 1.35 bits per heavy atom. The van der Waals surface area contributed by atoms with Gasteiger partial charge in [-0.15, -0.1) is 11.8 Å². The Morgan fingerprint density at radius 2 is 2.12 bits per heavy atom. The molecule has 0 atom stereocenters. The molecule has 1 N–H and O–H groups in total. The van der Waals surface area contributed by atoms with Crippen LogP contribution in [0.4, 0.5) is 0 Å². The van der Waals surface area contributed by atoms with Gasteiger partial charge in [-0.05, 0) is 24.5 Å². The molecule has 1 aromatic carbocycles. The maximum Gasteiger partial charge on any atom is 0.128 e. The molecule has 0 fully saturated rings. The number of hydrogen-bond donors (Lipinski definition) is 1. The number of para-hydroxylation sites is 1. The first-order chi connectivity index (χ1) is 8.30. The summed E-state index contributed by atoms with van der Waals surface area (Å²) in [6.07, 6.45) is 1.94. The summed E-state index contributed by atoms with van der Waals surface area (Å²) in [6, 6.07) is 11.8. The van der Waals surface area contributed by atoms with Crippen molar-refractivity contribution in [2.75, 3.05) is 13.4 Å². The fourth-order valence-corrected chi connectivity index (χ4v) is 2.23. The summed E-state index contributed by atoms with van der Waals surface area (Å²) in [5.41, 5.74) is 2.54. The smallest absolute Gasteiger partial charge is 0.128 e. The van der Waals surface area contributed by atoms with E-state index in [2.05, 4.69) is 11.1 Å². The van der Waals surface area contributed by atoms with Crippen molar-refractivity contribution in [1.29, 1.82) is 5.26 Å². The van der Waals surface area contributed by atoms with Crippen molar-refractivity contribution in [3.05, 3.63) is 35.9 Å². The van der Waals surface area contributed by atoms with Gasteiger partial charge in [0.25, 0.3) is 0 Å². The van der Waals surface area contributed by atoms with Gasteiger partial charge >= 0.3 is 0 Å². The maximum absolute atomic E-state index is 9.02. The van der Waals surface area contributed by atoms with Gasteiger partial charge in [0.1, 0.15) is 11.8 Å². The SMILES string of the molecule is COc1ccccc1-c1cc(C#N)c(SC)[nH]1. The number of nitrogens with zero attached hydrogens (tertiary/aromatic N) is 1. The minimum atomic E-state index is 0.665. The predicted octanol–water partition coefficient (Wildman–Crippen LogP) is 3.28. The van der Waals surface area contributed by atoms with Crippen molar-refractivity contribution >= 4 is 11.8 Å². The van der Waals surface area contributed by atoms with Crippen molar-refractivity contribution in [3.63, 3.8) is 0 Å². The molecule has 2 aromatic rings. The van der Waals surface area contributed by atoms with Crippen LogP contribution >= 0.6 is 11.8 Å². The Bertz CT molecular complexity index is 569. The predicted molar refractivity (Wildman–Crippen MR) is 69.3 cm³/mol. The zero-order valence-electron chi connectivity index (χ0n) is 9.65. The summed E-state index contributed by atoms with van der Waals surface area (Å²) < 4.78 is 5.31. The standard InChI is InChI=1S/C13H12N2OS/c1-16-12-6-4-3-5-10(12)11-7-9(8-14)13(15-11)17-2/h3-7,15H,1-2H3. The quantitative estimate of drug-likeness (QED) is 0.843. The molecule has 0 aliphatic heterocycles. The van der Waals surface area contributed by atoms with Crippen LogP contribution < -0.4 is 4.74 Å². The molecule has 17 heavy (non-hydrogen) atoms. The van der Waals surface area contributed by atoms with Gasteiger partial charge in [-0.3, -0.25) is 0 Å². The van der Waals surface area contributed by atoms with Crippen LogP contribution in [0.1, 0.15) is 5.56 Å². The van der Waals surface area contributed by atoms with Gasteiger partial charge in [-0.2, -0.15) is 5.26 Å². The molecule has 0 saturated carbocycles. The lowest BCUT2D eigenvalue weighted by Crippen LogP contribution is -1.87. The lowest BCUT2D eigenvalue weighted by atomic mass is 10.1. The van der Waals surface area contributed by atoms with Crippen molar-refractivity contribution in [2.24, 2.45) is 0 Å². The fraction of sp³-hybridized carbons (Fsp3) is 0.154. The number of ether oxygens (including phenoxy) is 1. The molecule has 86 valence electrons. The van der Waals surface area contributed by atoms with Crippen LogP contribution in [0, 0.1) is 11.3 Å². The minimum absolute atomic E-state index is 0.665. The Hall–Kier alpha value is -1.86. The molecule has 4 heteroatoms. The van der Waals surface area contributed by atoms with Crippen LogP contribution in [-0.2, 0) is 0 Å². The normalized spacial score (nSPS) is 9.94. The second kappa shape index (κ2) is 4.98. The third kappa shape index (κ3) is 2.15. The number of thioether (sulfide) groups is 1. The van der Waals surface area contributed by atoms with Gasteiger partial charge in [0, 0.05) is 5.56 Å². The van der Waals surface area contributed by atoms with E-state index in [0.717, 1.165) is 22.0 Å². The molecule has 2 rings (SSSR count). The van der Waals surface area contributed by atoms with Crippen LogP contribution in [0.3, 0.4) is 0 Å². The summed E-state index contributed by atoms with van der Waals surface area (Å²) in [5.74, 6) is 0.797. The summed E-state index contributed by atoms with van der Waals surface area (Å²) in [4.78, 5) is 3.23. The average molecular weight is 244 g/mol. The topological polar surface area (TPSA) is 48.8 Å². The van der Waals surface area contributed by atoms with E-state index >= 15 is 0 Å². The maximum atomic E-state index is 9.02. The zero-order valence-corrected chi connectivity index (χ0v) is 10.5. The molecule has 0 aliphatic rings. The third-order valence-corrected chi connectivity index (χ3v) is 3.23. The van der Waals surface area contributed by atoms with E-state index in [1.54, 1.807) is 7.11 Å². The molecule has 0 unspecified atom stereocenters. The minimum Gasteiger partial charge on any atom is -0.496 e. The van der Waals surface area contributed by atoms with Gasteiger partial charge in [0.15, 0.2) is 0 Å². The van der Waals surface area contributed by atoms with Crippen LogP contribution in [-0.4, -0.2) is 18.3 Å². The zero-order chi connectivity index (χ0) is 12.3. The van der Waals surface area contributed by atoms with E-state index in [0.29, 0.717) is 5.56 Å². The lowest BCUT2D eigenvalue weighted by molar-refractivity contribution is 0.416. The van der Waals surface area contributed by atoms with Gasteiger partial charge in [0.2, 0.25) is 0 Å². The van der Waals surface area contributed by atoms with Gasteiger partial charge in [0.05, 0.1) is 23.4 Å². The molecule has 1 heterocycles. The van der Waals surface area contributed by atoms with E-state index in [1.165, 1.54) is 11.8 Å². The van der Waals surface area contributed by atoms with E-state index < -0.39 is 0 Å². The largest absolute Gasteiger partial charge is 0.496 e. The molecule has 0 saturated heterocycles. The molecule has 0 amide bonds. The second-order valence-corrected chi connectivity index (χ2v) is 4.26. The van der Waals surface area contributed by atoms with Crippen LogP contribution in [0.5, 0.6) is 5.75 Å². The highest BCUT2D eigenvalue weighted by molar-refractivity contribution is 7.98. The fourth-order valence-electron chi connectivity index (χ4n) is 1.69. The molecule has 0 bridgehead atoms. The van der Waals surface area contributed by atoms with Gasteiger partial charge < -0.3 is 9.72 Å². The van der Waals surface area contributed by atoms with E-state index in [9.17, 15) is 0 Å². The average Bonchev–Trinajstić information content (AvgIpc) is 2.81. The first-order valence-corrected chi connectivity index (χ1v) is 6.33. The molecule has 0 radical (unpaired) electrons. The monoisotopic (exact) mass is 244 g/mol. The molecule has 0 aliphatic carbocycles. The number of nitriles is 1. The third-order valence-electron chi connectivity index (χ3n) is 2.50. The number of aromatic amines is 1. The molecule has 0 spiro atoms. The Labute approximate surface area is 104 Å². The molecule has 3 nitrogen and oxygen atoms in total. The van der Waals surface area contributed by atoms with Gasteiger partial charge in [-0.1, -0.05) is 12.1 Å². The summed E-state index contributed by atoms with van der Waals surface area (Å²) in [5, 5.41) is 9.90. The van der Waals surface area contributed by atoms with Crippen molar-refractivity contribution < 1.29 is 4.74 Å². The second-order valence-electron chi connectivity index (χ2n) is 3.44. The Kier molecular flexibility index (Phi) is 3.40. The Morgan fingerprint density at radius 3 is 2.71 bits per heavy atom. The van der Waals surface area contributed by atoms with Crippen molar-refractivity contribution in [1.82, 2.24) is 4.98 Å². The summed E-state index contributed by atoms with van der Waals surface area (Å²) in [7, 11) is 1.64. The number of nitrogens with one attached hydrogen (secondary N) is 1. The lowest BCUT2D eigenvalue weighted by Gasteiger charge is -2.05. The highest BCUT2D eigenvalue weighted by Gasteiger charge is 2.11. The molecular weight excluding hydrogens is 232 g/mol. The number of hydrogen-bond acceptors (Lipinski definition) is 3. The molecular formula is C13H12N2OS. The number of H-pyrrole nitrogens is 1. The van der Waals surface area contributed by atoms with Crippen LogP contribution in [0.2, 0.25) is 0 Å². The number of methoxy groups -OCH3 is 1. The van der Waals surface area contributed by atoms with Crippen molar-refractivity contribution in [2.45, 2.75) is 5.03 Å². The van der Waals surface area contributed by atoms with E-state index in [-0.39, 0.29) is 0 Å². The molecule has 1 aromatic heterocycles. The first-order valence-electron chi connectivity index (χ1n) is 5.10. The van der Waals surface area contributed by atoms with Gasteiger partial charge in [-0.25, -0.2) is 0 Å². The van der Waals surface area contributed by atoms with Crippen LogP contribution in [0.15, 0.2) is 35.4 Å². The number of aromatic nitrogens is 1. The van der Waals surface area contributed by atoms with E-state index in [1.807, 2.05) is 36.6 Å². The van der Waals surface area contributed by atoms with Crippen LogP contribution in [0.25, 0.3) is 11.3 Å². The van der Waals surface area contributed by atoms with Crippen molar-refractivity contribution in [3.8, 4) is 23.1 Å². The van der Waals surface area contributed by atoms with E-state index in [4.69, 9.17) is 10.00 Å².